The second kappa shape index (κ2) is 6.28. The maximum absolute atomic E-state index is 5.75. The number of ether oxygens (including phenoxy) is 2. The maximum Gasteiger partial charge on any atom is 0.262 e. The minimum Gasteiger partial charge on any atom is -0.417 e. The number of thiocarbonyl (C=S) groups is 1. The van der Waals surface area contributed by atoms with Crippen LogP contribution in [-0.4, -0.2) is 16.1 Å². The van der Waals surface area contributed by atoms with Crippen LogP contribution in [0.25, 0.3) is 0 Å². The molecule has 0 bridgehead atoms. The van der Waals surface area contributed by atoms with Gasteiger partial charge in [0, 0.05) is 24.4 Å². The summed E-state index contributed by atoms with van der Waals surface area (Å²) in [6.07, 6.45) is 2.69. The summed E-state index contributed by atoms with van der Waals surface area (Å²) in [5.74, 6) is 0.389. The summed E-state index contributed by atoms with van der Waals surface area (Å²) in [5.41, 5.74) is 0.627. The largest absolute Gasteiger partial charge is 0.417 e. The molecule has 0 aliphatic carbocycles. The SMILES string of the molecule is CCCOC(C)(C)c1ccc(OC(=S)Cl)nc1. The van der Waals surface area contributed by atoms with E-state index in [-0.39, 0.29) is 10.1 Å². The standard InChI is InChI=1S/C12H16ClNO2S/c1-4-7-15-12(2,3)9-5-6-10(14-8-9)16-11(13)17/h5-6,8H,4,7H2,1-3H3. The van der Waals surface area contributed by atoms with E-state index in [4.69, 9.17) is 21.1 Å². The summed E-state index contributed by atoms with van der Waals surface area (Å²) in [7, 11) is 0. The van der Waals surface area contributed by atoms with E-state index in [1.807, 2.05) is 19.9 Å². The second-order valence-electron chi connectivity index (χ2n) is 4.08. The fraction of sp³-hybridized carbons (Fsp3) is 0.500. The van der Waals surface area contributed by atoms with Crippen LogP contribution in [0.2, 0.25) is 0 Å². The van der Waals surface area contributed by atoms with Crippen molar-refractivity contribution < 1.29 is 9.47 Å². The topological polar surface area (TPSA) is 31.4 Å². The molecule has 0 atom stereocenters. The van der Waals surface area contributed by atoms with E-state index < -0.39 is 0 Å². The van der Waals surface area contributed by atoms with Gasteiger partial charge in [0.2, 0.25) is 5.88 Å². The van der Waals surface area contributed by atoms with Gasteiger partial charge < -0.3 is 9.47 Å². The van der Waals surface area contributed by atoms with Crippen LogP contribution in [0.1, 0.15) is 32.8 Å². The molecule has 0 fully saturated rings. The molecular weight excluding hydrogens is 258 g/mol. The number of rotatable bonds is 5. The Hall–Kier alpha value is -0.710. The zero-order valence-electron chi connectivity index (χ0n) is 10.2. The van der Waals surface area contributed by atoms with Crippen LogP contribution in [0.3, 0.4) is 0 Å². The smallest absolute Gasteiger partial charge is 0.262 e. The van der Waals surface area contributed by atoms with Crippen LogP contribution in [-0.2, 0) is 10.3 Å². The highest BCUT2D eigenvalue weighted by Crippen LogP contribution is 2.25. The molecule has 17 heavy (non-hydrogen) atoms. The minimum absolute atomic E-state index is 0.0632. The molecule has 5 heteroatoms. The summed E-state index contributed by atoms with van der Waals surface area (Å²) >= 11 is 10.1. The van der Waals surface area contributed by atoms with Gasteiger partial charge in [-0.05, 0) is 50.2 Å². The van der Waals surface area contributed by atoms with E-state index in [1.54, 1.807) is 12.3 Å². The first-order chi connectivity index (χ1) is 7.95. The molecule has 0 aliphatic rings. The Morgan fingerprint density at radius 2 is 2.18 bits per heavy atom. The van der Waals surface area contributed by atoms with Crippen LogP contribution in [0, 0.1) is 0 Å². The Morgan fingerprint density at radius 1 is 1.47 bits per heavy atom. The zero-order valence-corrected chi connectivity index (χ0v) is 11.8. The zero-order chi connectivity index (χ0) is 12.9. The lowest BCUT2D eigenvalue weighted by Gasteiger charge is -2.25. The van der Waals surface area contributed by atoms with Gasteiger partial charge in [0.1, 0.15) is 0 Å². The van der Waals surface area contributed by atoms with E-state index >= 15 is 0 Å². The van der Waals surface area contributed by atoms with Gasteiger partial charge in [-0.3, -0.25) is 0 Å². The molecule has 0 unspecified atom stereocenters. The maximum atomic E-state index is 5.75. The normalized spacial score (nSPS) is 11.3. The number of halogens is 1. The first-order valence-corrected chi connectivity index (χ1v) is 6.22. The summed E-state index contributed by atoms with van der Waals surface area (Å²) < 4.78 is 10.7. The molecule has 0 saturated heterocycles. The number of hydrogen-bond acceptors (Lipinski definition) is 4. The lowest BCUT2D eigenvalue weighted by Crippen LogP contribution is -2.22. The summed E-state index contributed by atoms with van der Waals surface area (Å²) in [6.45, 7) is 6.81. The fourth-order valence-electron chi connectivity index (χ4n) is 1.32. The number of aromatic nitrogens is 1. The van der Waals surface area contributed by atoms with Gasteiger partial charge in [0.15, 0.2) is 0 Å². The van der Waals surface area contributed by atoms with Crippen LogP contribution >= 0.6 is 23.8 Å². The van der Waals surface area contributed by atoms with Crippen molar-refractivity contribution in [2.45, 2.75) is 32.8 Å². The third-order valence-electron chi connectivity index (χ3n) is 2.28. The molecule has 0 aliphatic heterocycles. The highest BCUT2D eigenvalue weighted by molar-refractivity contribution is 7.82. The lowest BCUT2D eigenvalue weighted by molar-refractivity contribution is -0.0215. The molecule has 0 aromatic carbocycles. The van der Waals surface area contributed by atoms with Crippen molar-refractivity contribution >= 4 is 28.3 Å². The van der Waals surface area contributed by atoms with Gasteiger partial charge >= 0.3 is 0 Å². The van der Waals surface area contributed by atoms with Crippen molar-refractivity contribution in [3.63, 3.8) is 0 Å². The van der Waals surface area contributed by atoms with Crippen molar-refractivity contribution in [1.29, 1.82) is 0 Å². The van der Waals surface area contributed by atoms with Crippen molar-refractivity contribution in [1.82, 2.24) is 4.98 Å². The monoisotopic (exact) mass is 273 g/mol. The van der Waals surface area contributed by atoms with Crippen LogP contribution < -0.4 is 4.74 Å². The number of pyridine rings is 1. The van der Waals surface area contributed by atoms with Gasteiger partial charge in [-0.25, -0.2) is 4.98 Å². The van der Waals surface area contributed by atoms with E-state index in [9.17, 15) is 0 Å². The van der Waals surface area contributed by atoms with Crippen molar-refractivity contribution in [3.05, 3.63) is 23.9 Å². The van der Waals surface area contributed by atoms with Crippen LogP contribution in [0.15, 0.2) is 18.3 Å². The second-order valence-corrected chi connectivity index (χ2v) is 5.02. The third kappa shape index (κ3) is 4.58. The molecule has 0 spiro atoms. The molecule has 1 heterocycles. The first-order valence-electron chi connectivity index (χ1n) is 5.43. The van der Waals surface area contributed by atoms with Gasteiger partial charge in [-0.2, -0.15) is 0 Å². The summed E-state index contributed by atoms with van der Waals surface area (Å²) in [4.78, 5) is 4.12. The predicted molar refractivity (Wildman–Crippen MR) is 72.6 cm³/mol. The molecule has 0 radical (unpaired) electrons. The Morgan fingerprint density at radius 3 is 2.65 bits per heavy atom. The predicted octanol–water partition coefficient (Wildman–Crippen LogP) is 3.65. The lowest BCUT2D eigenvalue weighted by atomic mass is 10.0. The average molecular weight is 274 g/mol. The Bertz CT molecular complexity index is 379. The first kappa shape index (κ1) is 14.4. The molecule has 94 valence electrons. The van der Waals surface area contributed by atoms with Crippen molar-refractivity contribution in [2.24, 2.45) is 0 Å². The molecule has 0 N–H and O–H groups in total. The third-order valence-corrected chi connectivity index (χ3v) is 2.44. The molecule has 3 nitrogen and oxygen atoms in total. The Balaban J connectivity index is 2.75. The van der Waals surface area contributed by atoms with Gasteiger partial charge in [0.05, 0.1) is 5.60 Å². The molecule has 1 rings (SSSR count). The molecule has 1 aromatic rings. The number of hydrogen-bond donors (Lipinski definition) is 0. The quantitative estimate of drug-likeness (QED) is 0.605. The molecule has 0 amide bonds. The minimum atomic E-state index is -0.358. The number of nitrogens with zero attached hydrogens (tertiary/aromatic N) is 1. The molecule has 1 aromatic heterocycles. The highest BCUT2D eigenvalue weighted by Gasteiger charge is 2.21. The van der Waals surface area contributed by atoms with E-state index in [2.05, 4.69) is 24.1 Å². The van der Waals surface area contributed by atoms with E-state index in [0.29, 0.717) is 5.88 Å². The van der Waals surface area contributed by atoms with Gasteiger partial charge in [-0.1, -0.05) is 6.92 Å². The van der Waals surface area contributed by atoms with Gasteiger partial charge in [-0.15, -0.1) is 0 Å². The molecular formula is C12H16ClNO2S. The van der Waals surface area contributed by atoms with Crippen molar-refractivity contribution in [2.75, 3.05) is 6.61 Å². The summed E-state index contributed by atoms with van der Waals surface area (Å²) in [5, 5.41) is 0. The highest BCUT2D eigenvalue weighted by atomic mass is 35.5. The van der Waals surface area contributed by atoms with Gasteiger partial charge in [0.25, 0.3) is 4.51 Å². The van der Waals surface area contributed by atoms with Crippen LogP contribution in [0.5, 0.6) is 5.88 Å². The summed E-state index contributed by atoms with van der Waals surface area (Å²) in [6, 6.07) is 3.62. The van der Waals surface area contributed by atoms with Crippen molar-refractivity contribution in [3.8, 4) is 5.88 Å². The Labute approximate surface area is 112 Å². The van der Waals surface area contributed by atoms with E-state index in [0.717, 1.165) is 18.6 Å². The van der Waals surface area contributed by atoms with Crippen LogP contribution in [0.4, 0.5) is 0 Å². The van der Waals surface area contributed by atoms with E-state index in [1.165, 1.54) is 0 Å². The Kier molecular flexibility index (Phi) is 5.31. The molecule has 0 saturated carbocycles. The fourth-order valence-corrected chi connectivity index (χ4v) is 1.48. The average Bonchev–Trinajstić information content (AvgIpc) is 2.26.